The lowest BCUT2D eigenvalue weighted by atomic mass is 9.91. The highest BCUT2D eigenvalue weighted by Gasteiger charge is 2.32. The van der Waals surface area contributed by atoms with Gasteiger partial charge in [0.2, 0.25) is 0 Å². The van der Waals surface area contributed by atoms with Crippen molar-refractivity contribution in [3.8, 4) is 5.75 Å². The van der Waals surface area contributed by atoms with Crippen molar-refractivity contribution in [2.45, 2.75) is 38.2 Å². The predicted molar refractivity (Wildman–Crippen MR) is 86.0 cm³/mol. The van der Waals surface area contributed by atoms with Gasteiger partial charge in [0.15, 0.2) is 0 Å². The quantitative estimate of drug-likeness (QED) is 0.758. The van der Waals surface area contributed by atoms with E-state index >= 15 is 0 Å². The van der Waals surface area contributed by atoms with Crippen LogP contribution in [0.1, 0.15) is 32.1 Å². The number of nitrogens with two attached hydrogens (primary N) is 1. The van der Waals surface area contributed by atoms with Gasteiger partial charge in [0, 0.05) is 12.7 Å². The molecule has 0 amide bonds. The van der Waals surface area contributed by atoms with Crippen LogP contribution < -0.4 is 10.3 Å². The first-order valence-corrected chi connectivity index (χ1v) is 9.82. The lowest BCUT2D eigenvalue weighted by molar-refractivity contribution is 0.202. The van der Waals surface area contributed by atoms with Crippen molar-refractivity contribution in [2.75, 3.05) is 18.9 Å². The molecule has 0 heterocycles. The van der Waals surface area contributed by atoms with E-state index in [2.05, 4.69) is 0 Å². The zero-order valence-corrected chi connectivity index (χ0v) is 13.4. The van der Waals surface area contributed by atoms with Crippen LogP contribution in [0.3, 0.4) is 0 Å². The molecule has 1 saturated carbocycles. The van der Waals surface area contributed by atoms with Crippen LogP contribution in [0.15, 0.2) is 30.3 Å². The number of aliphatic hydroxyl groups is 1. The molecule has 1 aromatic rings. The van der Waals surface area contributed by atoms with E-state index < -0.39 is 13.5 Å². The largest absolute Gasteiger partial charge is 0.443 e. The molecule has 1 unspecified atom stereocenters. The van der Waals surface area contributed by atoms with Crippen LogP contribution in [0.4, 0.5) is 0 Å². The molecule has 1 fully saturated rings. The van der Waals surface area contributed by atoms with E-state index in [1.807, 2.05) is 30.3 Å². The Hall–Kier alpha value is -0.830. The minimum Gasteiger partial charge on any atom is -0.443 e. The third-order valence-electron chi connectivity index (χ3n) is 4.04. The summed E-state index contributed by atoms with van der Waals surface area (Å²) in [5.74, 6) is 1.05. The fourth-order valence-electron chi connectivity index (χ4n) is 2.98. The summed E-state index contributed by atoms with van der Waals surface area (Å²) in [7, 11) is -2.91. The molecule has 118 valence electrons. The Morgan fingerprint density at radius 2 is 1.90 bits per heavy atom. The molecule has 1 aliphatic carbocycles. The van der Waals surface area contributed by atoms with Crippen LogP contribution in [0.25, 0.3) is 0 Å². The number of hydrogen-bond donors (Lipinski definition) is 2. The van der Waals surface area contributed by atoms with Crippen molar-refractivity contribution in [3.05, 3.63) is 30.3 Å². The summed E-state index contributed by atoms with van der Waals surface area (Å²) in [5, 5.41) is 9.82. The first-order chi connectivity index (χ1) is 10.1. The maximum Gasteiger partial charge on any atom is 0.250 e. The maximum absolute atomic E-state index is 13.2. The van der Waals surface area contributed by atoms with Gasteiger partial charge in [-0.1, -0.05) is 37.5 Å². The molecular weight excluding hydrogens is 285 g/mol. The Morgan fingerprint density at radius 1 is 1.24 bits per heavy atom. The first-order valence-electron chi connectivity index (χ1n) is 7.82. The minimum atomic E-state index is -2.91. The molecule has 0 bridgehead atoms. The minimum absolute atomic E-state index is 0.118. The van der Waals surface area contributed by atoms with Crippen molar-refractivity contribution >= 4 is 7.37 Å². The molecule has 0 radical (unpaired) electrons. The summed E-state index contributed by atoms with van der Waals surface area (Å²) in [6, 6.07) is 9.23. The molecule has 0 aliphatic heterocycles. The van der Waals surface area contributed by atoms with Gasteiger partial charge in [-0.3, -0.25) is 4.57 Å². The van der Waals surface area contributed by atoms with Crippen LogP contribution in [0.2, 0.25) is 0 Å². The number of hydrogen-bond acceptors (Lipinski definition) is 4. The van der Waals surface area contributed by atoms with Crippen molar-refractivity contribution in [1.29, 1.82) is 0 Å². The van der Waals surface area contributed by atoms with Crippen molar-refractivity contribution in [2.24, 2.45) is 11.7 Å². The Kier molecular flexibility index (Phi) is 6.28. The summed E-state index contributed by atoms with van der Waals surface area (Å²) in [6.45, 7) is 0.118. The monoisotopic (exact) mass is 311 g/mol. The van der Waals surface area contributed by atoms with Crippen LogP contribution in [0, 0.1) is 5.92 Å². The fourth-order valence-corrected chi connectivity index (χ4v) is 5.73. The Labute approximate surface area is 127 Å². The van der Waals surface area contributed by atoms with Crippen molar-refractivity contribution < 1.29 is 14.2 Å². The zero-order valence-electron chi connectivity index (χ0n) is 12.5. The summed E-state index contributed by atoms with van der Waals surface area (Å²) in [4.78, 5) is 0. The number of aliphatic hydroxyl groups excluding tert-OH is 1. The van der Waals surface area contributed by atoms with Gasteiger partial charge < -0.3 is 15.4 Å². The molecular formula is C16H26NO3P. The van der Waals surface area contributed by atoms with Gasteiger partial charge in [0.1, 0.15) is 5.75 Å². The SMILES string of the molecule is NC[C@@H](O)CP(=O)(CC1CCCCC1)Oc1ccccc1. The predicted octanol–water partition coefficient (Wildman–Crippen LogP) is 3.24. The molecule has 2 rings (SSSR count). The number of rotatable bonds is 7. The third-order valence-corrected chi connectivity index (χ3v) is 6.63. The number of benzene rings is 1. The van der Waals surface area contributed by atoms with Gasteiger partial charge >= 0.3 is 0 Å². The van der Waals surface area contributed by atoms with Gasteiger partial charge in [-0.15, -0.1) is 0 Å². The second-order valence-corrected chi connectivity index (χ2v) is 8.52. The summed E-state index contributed by atoms with van der Waals surface area (Å²) < 4.78 is 19.0. The molecule has 21 heavy (non-hydrogen) atoms. The van der Waals surface area contributed by atoms with Crippen LogP contribution in [0.5, 0.6) is 5.75 Å². The molecule has 0 aromatic heterocycles. The average Bonchev–Trinajstić information content (AvgIpc) is 2.48. The lowest BCUT2D eigenvalue weighted by Gasteiger charge is -2.28. The van der Waals surface area contributed by atoms with Gasteiger partial charge in [0.05, 0.1) is 12.3 Å². The second kappa shape index (κ2) is 7.98. The van der Waals surface area contributed by atoms with Gasteiger partial charge in [-0.05, 0) is 30.9 Å². The smallest absolute Gasteiger partial charge is 0.250 e. The summed E-state index contributed by atoms with van der Waals surface area (Å²) in [5.41, 5.74) is 5.48. The standard InChI is InChI=1S/C16H26NO3P/c17-11-15(18)13-21(19,12-14-7-3-1-4-8-14)20-16-9-5-2-6-10-16/h2,5-6,9-10,14-15,18H,1,3-4,7-8,11-13,17H2/t15-,21?/m1/s1. The molecule has 1 aromatic carbocycles. The average molecular weight is 311 g/mol. The van der Waals surface area contributed by atoms with Crippen LogP contribution >= 0.6 is 7.37 Å². The number of para-hydroxylation sites is 1. The van der Waals surface area contributed by atoms with E-state index in [1.165, 1.54) is 19.3 Å². The van der Waals surface area contributed by atoms with E-state index in [4.69, 9.17) is 10.3 Å². The fraction of sp³-hybridized carbons (Fsp3) is 0.625. The van der Waals surface area contributed by atoms with E-state index in [0.717, 1.165) is 12.8 Å². The highest BCUT2D eigenvalue weighted by Crippen LogP contribution is 2.51. The van der Waals surface area contributed by atoms with E-state index in [-0.39, 0.29) is 12.7 Å². The highest BCUT2D eigenvalue weighted by atomic mass is 31.2. The molecule has 4 nitrogen and oxygen atoms in total. The molecule has 0 spiro atoms. The Bertz CT molecular complexity index is 460. The Morgan fingerprint density at radius 3 is 2.52 bits per heavy atom. The molecule has 5 heteroatoms. The third kappa shape index (κ3) is 5.46. The maximum atomic E-state index is 13.2. The van der Waals surface area contributed by atoms with Crippen LogP contribution in [-0.2, 0) is 4.57 Å². The van der Waals surface area contributed by atoms with Gasteiger partial charge in [-0.2, -0.15) is 0 Å². The summed E-state index contributed by atoms with van der Waals surface area (Å²) >= 11 is 0. The lowest BCUT2D eigenvalue weighted by Crippen LogP contribution is -2.27. The van der Waals surface area contributed by atoms with E-state index in [9.17, 15) is 9.67 Å². The highest BCUT2D eigenvalue weighted by molar-refractivity contribution is 7.59. The zero-order chi connectivity index (χ0) is 15.1. The summed E-state index contributed by atoms with van der Waals surface area (Å²) in [6.07, 6.45) is 5.84. The van der Waals surface area contributed by atoms with Gasteiger partial charge in [0.25, 0.3) is 7.37 Å². The molecule has 2 atom stereocenters. The molecule has 3 N–H and O–H groups in total. The first kappa shape index (κ1) is 16.5. The van der Waals surface area contributed by atoms with Crippen LogP contribution in [-0.4, -0.2) is 30.1 Å². The normalized spacial score (nSPS) is 20.7. The van der Waals surface area contributed by atoms with E-state index in [0.29, 0.717) is 17.8 Å². The molecule has 0 saturated heterocycles. The van der Waals surface area contributed by atoms with Crippen molar-refractivity contribution in [1.82, 2.24) is 0 Å². The molecule has 1 aliphatic rings. The topological polar surface area (TPSA) is 72.5 Å². The van der Waals surface area contributed by atoms with Gasteiger partial charge in [-0.25, -0.2) is 0 Å². The Balaban J connectivity index is 2.07. The van der Waals surface area contributed by atoms with E-state index in [1.54, 1.807) is 0 Å². The second-order valence-electron chi connectivity index (χ2n) is 5.98. The van der Waals surface area contributed by atoms with Crippen molar-refractivity contribution in [3.63, 3.8) is 0 Å².